The number of piperidine rings is 1. The zero-order chi connectivity index (χ0) is 18.6. The summed E-state index contributed by atoms with van der Waals surface area (Å²) in [6.07, 6.45) is 3.13. The average Bonchev–Trinajstić information content (AvgIpc) is 2.70. The third kappa shape index (κ3) is 4.30. The molecule has 0 unspecified atom stereocenters. The maximum atomic E-state index is 13.7. The summed E-state index contributed by atoms with van der Waals surface area (Å²) in [7, 11) is 0. The second kappa shape index (κ2) is 8.09. The molecule has 0 radical (unpaired) electrons. The van der Waals surface area contributed by atoms with Gasteiger partial charge in [-0.2, -0.15) is 0 Å². The van der Waals surface area contributed by atoms with Crippen molar-refractivity contribution in [2.24, 2.45) is 5.92 Å². The molecule has 1 fully saturated rings. The fourth-order valence-electron chi connectivity index (χ4n) is 4.15. The lowest BCUT2D eigenvalue weighted by molar-refractivity contribution is 0.147. The smallest absolute Gasteiger partial charge is 0.321 e. The lowest BCUT2D eigenvalue weighted by atomic mass is 9.94. The molecule has 0 spiro atoms. The summed E-state index contributed by atoms with van der Waals surface area (Å²) in [4.78, 5) is 16.7. The van der Waals surface area contributed by atoms with Crippen molar-refractivity contribution in [2.75, 3.05) is 31.5 Å². The molecule has 4 nitrogen and oxygen atoms in total. The van der Waals surface area contributed by atoms with Gasteiger partial charge in [0.15, 0.2) is 0 Å². The topological polar surface area (TPSA) is 35.6 Å². The van der Waals surface area contributed by atoms with Gasteiger partial charge in [0, 0.05) is 32.7 Å². The maximum Gasteiger partial charge on any atom is 0.321 e. The molecule has 2 aliphatic heterocycles. The van der Waals surface area contributed by atoms with Gasteiger partial charge < -0.3 is 10.2 Å². The van der Waals surface area contributed by atoms with Crippen molar-refractivity contribution in [3.8, 4) is 0 Å². The number of para-hydroxylation sites is 1. The van der Waals surface area contributed by atoms with Crippen molar-refractivity contribution in [1.82, 2.24) is 9.80 Å². The van der Waals surface area contributed by atoms with Crippen molar-refractivity contribution >= 4 is 11.7 Å². The standard InChI is InChI=1S/C22H26FN3O/c23-20-7-3-4-8-21(20)24-22(27)26-13-9-17(10-14-26)15-25-12-11-18-5-1-2-6-19(18)16-25/h1-8,17H,9-16H2,(H,24,27). The first-order valence-electron chi connectivity index (χ1n) is 9.78. The van der Waals surface area contributed by atoms with Crippen LogP contribution in [0.4, 0.5) is 14.9 Å². The number of anilines is 1. The van der Waals surface area contributed by atoms with Gasteiger partial charge in [0.05, 0.1) is 5.69 Å². The van der Waals surface area contributed by atoms with Crippen LogP contribution in [0.15, 0.2) is 48.5 Å². The van der Waals surface area contributed by atoms with Gasteiger partial charge in [-0.1, -0.05) is 36.4 Å². The molecule has 2 aromatic rings. The third-order valence-electron chi connectivity index (χ3n) is 5.74. The Morgan fingerprint density at radius 2 is 1.70 bits per heavy atom. The SMILES string of the molecule is O=C(Nc1ccccc1F)N1CCC(CN2CCc3ccccc3C2)CC1. The molecule has 1 N–H and O–H groups in total. The minimum atomic E-state index is -0.397. The summed E-state index contributed by atoms with van der Waals surface area (Å²) in [6.45, 7) is 4.71. The maximum absolute atomic E-state index is 13.7. The molecule has 0 saturated carbocycles. The highest BCUT2D eigenvalue weighted by atomic mass is 19.1. The summed E-state index contributed by atoms with van der Waals surface area (Å²) >= 11 is 0. The summed E-state index contributed by atoms with van der Waals surface area (Å²) in [5.74, 6) is 0.221. The van der Waals surface area contributed by atoms with Crippen molar-refractivity contribution in [1.29, 1.82) is 0 Å². The summed E-state index contributed by atoms with van der Waals surface area (Å²) in [6, 6.07) is 14.8. The van der Waals surface area contributed by atoms with Crippen molar-refractivity contribution in [3.63, 3.8) is 0 Å². The van der Waals surface area contributed by atoms with Crippen LogP contribution in [0.2, 0.25) is 0 Å². The Morgan fingerprint density at radius 3 is 2.48 bits per heavy atom. The van der Waals surface area contributed by atoms with Gasteiger partial charge in [0.25, 0.3) is 0 Å². The summed E-state index contributed by atoms with van der Waals surface area (Å²) in [5, 5.41) is 2.69. The molecule has 2 aliphatic rings. The highest BCUT2D eigenvalue weighted by molar-refractivity contribution is 5.89. The normalized spacial score (nSPS) is 18.2. The lowest BCUT2D eigenvalue weighted by Gasteiger charge is -2.36. The molecule has 4 rings (SSSR count). The number of likely N-dealkylation sites (tertiary alicyclic amines) is 1. The van der Waals surface area contributed by atoms with Crippen molar-refractivity contribution in [3.05, 3.63) is 65.5 Å². The van der Waals surface area contributed by atoms with Gasteiger partial charge >= 0.3 is 6.03 Å². The van der Waals surface area contributed by atoms with E-state index < -0.39 is 5.82 Å². The Kier molecular flexibility index (Phi) is 5.39. The molecule has 2 aromatic carbocycles. The molecular formula is C22H26FN3O. The minimum absolute atomic E-state index is 0.203. The Balaban J connectivity index is 1.26. The molecule has 0 aliphatic carbocycles. The zero-order valence-corrected chi connectivity index (χ0v) is 15.5. The summed E-state index contributed by atoms with van der Waals surface area (Å²) < 4.78 is 13.7. The van der Waals surface area contributed by atoms with E-state index >= 15 is 0 Å². The summed E-state index contributed by atoms with van der Waals surface area (Å²) in [5.41, 5.74) is 3.18. The lowest BCUT2D eigenvalue weighted by Crippen LogP contribution is -2.44. The number of carbonyl (C=O) groups is 1. The van der Waals surface area contributed by atoms with Crippen molar-refractivity contribution in [2.45, 2.75) is 25.8 Å². The number of rotatable bonds is 3. The molecule has 142 valence electrons. The Morgan fingerprint density at radius 1 is 1.00 bits per heavy atom. The average molecular weight is 367 g/mol. The van der Waals surface area contributed by atoms with Gasteiger partial charge in [0.2, 0.25) is 0 Å². The molecule has 0 aromatic heterocycles. The molecule has 0 bridgehead atoms. The van der Waals surface area contributed by atoms with Crippen LogP contribution in [0, 0.1) is 11.7 Å². The van der Waals surface area contributed by atoms with Crippen LogP contribution in [0.3, 0.4) is 0 Å². The number of hydrogen-bond donors (Lipinski definition) is 1. The van der Waals surface area contributed by atoms with Crippen molar-refractivity contribution < 1.29 is 9.18 Å². The first-order chi connectivity index (χ1) is 13.2. The van der Waals surface area contributed by atoms with Crippen LogP contribution in [0.1, 0.15) is 24.0 Å². The number of nitrogens with zero attached hydrogens (tertiary/aromatic N) is 2. The van der Waals surface area contributed by atoms with E-state index in [4.69, 9.17) is 0 Å². The molecule has 27 heavy (non-hydrogen) atoms. The molecule has 5 heteroatoms. The van der Waals surface area contributed by atoms with E-state index in [9.17, 15) is 9.18 Å². The molecule has 2 amide bonds. The van der Waals surface area contributed by atoms with Gasteiger partial charge in [-0.15, -0.1) is 0 Å². The van der Waals surface area contributed by atoms with Gasteiger partial charge in [-0.25, -0.2) is 9.18 Å². The molecule has 1 saturated heterocycles. The van der Waals surface area contributed by atoms with Crippen LogP contribution < -0.4 is 5.32 Å². The first kappa shape index (κ1) is 18.0. The number of amides is 2. The fraction of sp³-hybridized carbons (Fsp3) is 0.409. The van der Waals surface area contributed by atoms with E-state index in [1.807, 2.05) is 0 Å². The number of nitrogens with one attached hydrogen (secondary N) is 1. The number of benzene rings is 2. The monoisotopic (exact) mass is 367 g/mol. The number of hydrogen-bond acceptors (Lipinski definition) is 2. The predicted octanol–water partition coefficient (Wildman–Crippen LogP) is 4.13. The number of urea groups is 1. The minimum Gasteiger partial charge on any atom is -0.325 e. The number of fused-ring (bicyclic) bond motifs is 1. The largest absolute Gasteiger partial charge is 0.325 e. The Bertz CT molecular complexity index is 802. The highest BCUT2D eigenvalue weighted by Gasteiger charge is 2.26. The van der Waals surface area contributed by atoms with E-state index in [-0.39, 0.29) is 11.7 Å². The van der Waals surface area contributed by atoms with Crippen LogP contribution in [-0.4, -0.2) is 42.0 Å². The van der Waals surface area contributed by atoms with Gasteiger partial charge in [-0.3, -0.25) is 4.90 Å². The third-order valence-corrected chi connectivity index (χ3v) is 5.74. The second-order valence-electron chi connectivity index (χ2n) is 7.59. The van der Waals surface area contributed by atoms with Crippen LogP contribution >= 0.6 is 0 Å². The Hall–Kier alpha value is -2.40. The molecular weight excluding hydrogens is 341 g/mol. The Labute approximate surface area is 160 Å². The van der Waals surface area contributed by atoms with Crippen LogP contribution in [-0.2, 0) is 13.0 Å². The first-order valence-corrected chi connectivity index (χ1v) is 9.78. The van der Waals surface area contributed by atoms with E-state index in [1.54, 1.807) is 23.1 Å². The van der Waals surface area contributed by atoms with Crippen LogP contribution in [0.25, 0.3) is 0 Å². The van der Waals surface area contributed by atoms with Crippen LogP contribution in [0.5, 0.6) is 0 Å². The van der Waals surface area contributed by atoms with E-state index in [1.165, 1.54) is 17.2 Å². The fourth-order valence-corrected chi connectivity index (χ4v) is 4.15. The number of carbonyl (C=O) groups excluding carboxylic acids is 1. The van der Waals surface area contributed by atoms with E-state index in [0.29, 0.717) is 5.92 Å². The predicted molar refractivity (Wildman–Crippen MR) is 105 cm³/mol. The highest BCUT2D eigenvalue weighted by Crippen LogP contribution is 2.24. The van der Waals surface area contributed by atoms with Gasteiger partial charge in [0.1, 0.15) is 5.82 Å². The van der Waals surface area contributed by atoms with E-state index in [0.717, 1.165) is 52.0 Å². The molecule has 2 heterocycles. The molecule has 0 atom stereocenters. The quantitative estimate of drug-likeness (QED) is 0.885. The zero-order valence-electron chi connectivity index (χ0n) is 15.5. The number of halogens is 1. The van der Waals surface area contributed by atoms with Gasteiger partial charge in [-0.05, 0) is 48.4 Å². The second-order valence-corrected chi connectivity index (χ2v) is 7.59. The van der Waals surface area contributed by atoms with E-state index in [2.05, 4.69) is 34.5 Å².